The molecule has 0 aliphatic heterocycles. The number of nitrogens with zero attached hydrogens (tertiary/aromatic N) is 2. The first-order valence-corrected chi connectivity index (χ1v) is 19.5. The van der Waals surface area contributed by atoms with E-state index in [1.165, 1.54) is 53.2 Å². The SMILES string of the molecule is c1ccc(-c2ccc(N(c3ccccc3)c3cc(N(c4ccccc4)c4ccc(-c5ccccc5)cc4)c4c(c3)sc3ccc5ccccc5c34)cc2)cc1. The van der Waals surface area contributed by atoms with Crippen molar-refractivity contribution >= 4 is 76.4 Å². The van der Waals surface area contributed by atoms with E-state index in [1.807, 2.05) is 11.3 Å². The summed E-state index contributed by atoms with van der Waals surface area (Å²) in [6.45, 7) is 0. The van der Waals surface area contributed by atoms with Gasteiger partial charge in [-0.1, -0.05) is 152 Å². The number of hydrogen-bond donors (Lipinski definition) is 0. The summed E-state index contributed by atoms with van der Waals surface area (Å²) in [7, 11) is 0. The number of para-hydroxylation sites is 2. The van der Waals surface area contributed by atoms with Gasteiger partial charge in [0.2, 0.25) is 0 Å². The minimum absolute atomic E-state index is 1.10. The molecule has 9 aromatic carbocycles. The summed E-state index contributed by atoms with van der Waals surface area (Å²) in [5.41, 5.74) is 11.4. The van der Waals surface area contributed by atoms with Gasteiger partial charge < -0.3 is 9.80 Å². The zero-order valence-corrected chi connectivity index (χ0v) is 30.9. The van der Waals surface area contributed by atoms with Gasteiger partial charge >= 0.3 is 0 Å². The van der Waals surface area contributed by atoms with Gasteiger partial charge in [0, 0.05) is 48.6 Å². The molecule has 55 heavy (non-hydrogen) atoms. The Morgan fingerprint density at radius 2 is 0.745 bits per heavy atom. The Morgan fingerprint density at radius 1 is 0.291 bits per heavy atom. The lowest BCUT2D eigenvalue weighted by Gasteiger charge is -2.30. The second-order valence-corrected chi connectivity index (χ2v) is 14.9. The lowest BCUT2D eigenvalue weighted by atomic mass is 10.0. The molecule has 1 heterocycles. The van der Waals surface area contributed by atoms with E-state index in [9.17, 15) is 0 Å². The Morgan fingerprint density at radius 3 is 1.33 bits per heavy atom. The molecule has 0 unspecified atom stereocenters. The number of thiophene rings is 1. The second-order valence-electron chi connectivity index (χ2n) is 13.8. The molecule has 3 heteroatoms. The highest BCUT2D eigenvalue weighted by atomic mass is 32.1. The minimum Gasteiger partial charge on any atom is -0.310 e. The smallest absolute Gasteiger partial charge is 0.0575 e. The molecule has 260 valence electrons. The monoisotopic (exact) mass is 720 g/mol. The molecular formula is C52H36N2S. The van der Waals surface area contributed by atoms with E-state index < -0.39 is 0 Å². The predicted octanol–water partition coefficient (Wildman–Crippen LogP) is 15.5. The minimum atomic E-state index is 1.10. The van der Waals surface area contributed by atoms with E-state index in [-0.39, 0.29) is 0 Å². The normalized spacial score (nSPS) is 11.3. The number of rotatable bonds is 8. The van der Waals surface area contributed by atoms with Crippen LogP contribution in [0, 0.1) is 0 Å². The zero-order chi connectivity index (χ0) is 36.6. The van der Waals surface area contributed by atoms with E-state index >= 15 is 0 Å². The molecule has 0 saturated carbocycles. The van der Waals surface area contributed by atoms with Gasteiger partial charge in [0.15, 0.2) is 0 Å². The molecule has 0 aliphatic carbocycles. The van der Waals surface area contributed by atoms with Gasteiger partial charge in [-0.3, -0.25) is 0 Å². The maximum Gasteiger partial charge on any atom is 0.0575 e. The summed E-state index contributed by atoms with van der Waals surface area (Å²) in [6, 6.07) is 78.8. The molecule has 0 amide bonds. The molecule has 0 bridgehead atoms. The van der Waals surface area contributed by atoms with Crippen LogP contribution in [0.1, 0.15) is 0 Å². The van der Waals surface area contributed by atoms with E-state index in [1.54, 1.807) is 0 Å². The van der Waals surface area contributed by atoms with E-state index in [4.69, 9.17) is 0 Å². The van der Waals surface area contributed by atoms with Crippen molar-refractivity contribution in [1.29, 1.82) is 0 Å². The third-order valence-corrected chi connectivity index (χ3v) is 11.5. The Hall–Kier alpha value is -6.94. The highest BCUT2D eigenvalue weighted by Crippen LogP contribution is 2.50. The maximum atomic E-state index is 2.44. The van der Waals surface area contributed by atoms with Crippen LogP contribution in [-0.2, 0) is 0 Å². The van der Waals surface area contributed by atoms with Crippen molar-refractivity contribution in [2.75, 3.05) is 9.80 Å². The van der Waals surface area contributed by atoms with Crippen LogP contribution in [0.2, 0.25) is 0 Å². The van der Waals surface area contributed by atoms with Gasteiger partial charge in [0.1, 0.15) is 0 Å². The summed E-state index contributed by atoms with van der Waals surface area (Å²) in [4.78, 5) is 4.83. The molecule has 0 atom stereocenters. The highest BCUT2D eigenvalue weighted by Gasteiger charge is 2.24. The topological polar surface area (TPSA) is 6.48 Å². The number of hydrogen-bond acceptors (Lipinski definition) is 3. The van der Waals surface area contributed by atoms with Crippen LogP contribution in [-0.4, -0.2) is 0 Å². The number of fused-ring (bicyclic) bond motifs is 5. The molecule has 10 aromatic rings. The second kappa shape index (κ2) is 14.1. The molecule has 2 nitrogen and oxygen atoms in total. The summed E-state index contributed by atoms with van der Waals surface area (Å²) in [5, 5.41) is 5.06. The first kappa shape index (κ1) is 32.7. The van der Waals surface area contributed by atoms with Crippen molar-refractivity contribution in [2.45, 2.75) is 0 Å². The molecule has 10 rings (SSSR count). The van der Waals surface area contributed by atoms with Gasteiger partial charge in [-0.2, -0.15) is 0 Å². The quantitative estimate of drug-likeness (QED) is 0.154. The molecule has 0 N–H and O–H groups in total. The summed E-state index contributed by atoms with van der Waals surface area (Å²) >= 11 is 1.87. The molecule has 0 fully saturated rings. The fraction of sp³-hybridized carbons (Fsp3) is 0. The molecule has 1 aromatic heterocycles. The molecular weight excluding hydrogens is 685 g/mol. The molecule has 0 saturated heterocycles. The van der Waals surface area contributed by atoms with Gasteiger partial charge in [-0.05, 0) is 99.8 Å². The Balaban J connectivity index is 1.24. The lowest BCUT2D eigenvalue weighted by molar-refractivity contribution is 1.26. The average molecular weight is 721 g/mol. The van der Waals surface area contributed by atoms with Crippen LogP contribution in [0.4, 0.5) is 34.1 Å². The summed E-state index contributed by atoms with van der Waals surface area (Å²) in [6.07, 6.45) is 0. The first-order chi connectivity index (χ1) is 27.3. The van der Waals surface area contributed by atoms with Gasteiger partial charge in [0.05, 0.1) is 5.69 Å². The van der Waals surface area contributed by atoms with Crippen LogP contribution < -0.4 is 9.80 Å². The Bertz CT molecular complexity index is 2890. The fourth-order valence-corrected chi connectivity index (χ4v) is 9.01. The van der Waals surface area contributed by atoms with Crippen molar-refractivity contribution in [1.82, 2.24) is 0 Å². The van der Waals surface area contributed by atoms with Crippen molar-refractivity contribution in [2.24, 2.45) is 0 Å². The fourth-order valence-electron chi connectivity index (χ4n) is 7.83. The van der Waals surface area contributed by atoms with Gasteiger partial charge in [-0.25, -0.2) is 0 Å². The highest BCUT2D eigenvalue weighted by molar-refractivity contribution is 7.26. The molecule has 0 spiro atoms. The maximum absolute atomic E-state index is 2.44. The largest absolute Gasteiger partial charge is 0.310 e. The summed E-state index contributed by atoms with van der Waals surface area (Å²) < 4.78 is 2.51. The zero-order valence-electron chi connectivity index (χ0n) is 30.1. The van der Waals surface area contributed by atoms with Crippen molar-refractivity contribution in [3.63, 3.8) is 0 Å². The lowest BCUT2D eigenvalue weighted by Crippen LogP contribution is -2.13. The number of benzene rings is 9. The van der Waals surface area contributed by atoms with Crippen molar-refractivity contribution in [3.05, 3.63) is 218 Å². The third kappa shape index (κ3) is 6.11. The Kier molecular flexibility index (Phi) is 8.40. The van der Waals surface area contributed by atoms with Crippen LogP contribution >= 0.6 is 11.3 Å². The molecule has 0 aliphatic rings. The van der Waals surface area contributed by atoms with Crippen LogP contribution in [0.5, 0.6) is 0 Å². The summed E-state index contributed by atoms with van der Waals surface area (Å²) in [5.74, 6) is 0. The van der Waals surface area contributed by atoms with Gasteiger partial charge in [0.25, 0.3) is 0 Å². The van der Waals surface area contributed by atoms with E-state index in [0.29, 0.717) is 0 Å². The third-order valence-electron chi connectivity index (χ3n) is 10.4. The van der Waals surface area contributed by atoms with Crippen LogP contribution in [0.25, 0.3) is 53.2 Å². The Labute approximate surface area is 325 Å². The van der Waals surface area contributed by atoms with E-state index in [0.717, 1.165) is 34.1 Å². The van der Waals surface area contributed by atoms with Crippen LogP contribution in [0.3, 0.4) is 0 Å². The standard InChI is InChI=1S/C52H36N2S/c1-5-15-37(16-6-1)39-25-30-44(31-26-39)53(42-20-9-3-10-21-42)46-35-48(52-50(36-46)55-49-34-29-41-19-13-14-24-47(41)51(49)52)54(43-22-11-4-12-23-43)45-32-27-40(28-33-45)38-17-7-2-8-18-38/h1-36H. The van der Waals surface area contributed by atoms with Gasteiger partial charge in [-0.15, -0.1) is 11.3 Å². The van der Waals surface area contributed by atoms with Crippen molar-refractivity contribution in [3.8, 4) is 22.3 Å². The first-order valence-electron chi connectivity index (χ1n) is 18.7. The average Bonchev–Trinajstić information content (AvgIpc) is 3.65. The van der Waals surface area contributed by atoms with Crippen molar-refractivity contribution < 1.29 is 0 Å². The van der Waals surface area contributed by atoms with Crippen LogP contribution in [0.15, 0.2) is 218 Å². The predicted molar refractivity (Wildman–Crippen MR) is 237 cm³/mol. The van der Waals surface area contributed by atoms with E-state index in [2.05, 4.69) is 228 Å². The molecule has 0 radical (unpaired) electrons. The number of anilines is 6.